The van der Waals surface area contributed by atoms with Crippen molar-refractivity contribution in [3.05, 3.63) is 57.9 Å². The Labute approximate surface area is 143 Å². The highest BCUT2D eigenvalue weighted by molar-refractivity contribution is 5.96. The molecule has 0 spiro atoms. The average molecular weight is 316 g/mol. The predicted molar refractivity (Wildman–Crippen MR) is 98.1 cm³/mol. The van der Waals surface area contributed by atoms with Crippen molar-refractivity contribution in [3.63, 3.8) is 0 Å². The van der Waals surface area contributed by atoms with Gasteiger partial charge in [-0.3, -0.25) is 0 Å². The van der Waals surface area contributed by atoms with Crippen LogP contribution in [0.25, 0.3) is 4.85 Å². The third-order valence-electron chi connectivity index (χ3n) is 4.77. The second-order valence-corrected chi connectivity index (χ2v) is 6.41. The van der Waals surface area contributed by atoms with Gasteiger partial charge in [0.05, 0.1) is 23.5 Å². The second kappa shape index (κ2) is 5.58. The van der Waals surface area contributed by atoms with E-state index in [1.807, 2.05) is 7.05 Å². The number of fused-ring (bicyclic) bond motifs is 1. The van der Waals surface area contributed by atoms with Crippen molar-refractivity contribution >= 4 is 22.7 Å². The second-order valence-electron chi connectivity index (χ2n) is 6.41. The molecule has 4 nitrogen and oxygen atoms in total. The Morgan fingerprint density at radius 1 is 1.08 bits per heavy atom. The van der Waals surface area contributed by atoms with Gasteiger partial charge < -0.3 is 9.80 Å². The molecule has 1 heterocycles. The van der Waals surface area contributed by atoms with E-state index in [0.29, 0.717) is 11.3 Å². The summed E-state index contributed by atoms with van der Waals surface area (Å²) in [5, 5.41) is 9.50. The molecule has 0 amide bonds. The Morgan fingerprint density at radius 2 is 1.71 bits per heavy atom. The molecule has 120 valence electrons. The zero-order valence-corrected chi connectivity index (χ0v) is 14.7. The molecular formula is C20H20N4. The molecule has 0 saturated carbocycles. The minimum absolute atomic E-state index is 0.0371. The van der Waals surface area contributed by atoms with Gasteiger partial charge >= 0.3 is 0 Å². The van der Waals surface area contributed by atoms with Gasteiger partial charge in [-0.05, 0) is 38.8 Å². The maximum Gasteiger partial charge on any atom is 0.212 e. The van der Waals surface area contributed by atoms with Crippen LogP contribution in [-0.2, 0) is 0 Å². The summed E-state index contributed by atoms with van der Waals surface area (Å²) < 4.78 is 0. The van der Waals surface area contributed by atoms with Crippen molar-refractivity contribution < 1.29 is 0 Å². The molecule has 0 unspecified atom stereocenters. The minimum Gasteiger partial charge on any atom is -0.353 e. The summed E-state index contributed by atoms with van der Waals surface area (Å²) >= 11 is 0. The van der Waals surface area contributed by atoms with Gasteiger partial charge in [-0.1, -0.05) is 29.8 Å². The summed E-state index contributed by atoms with van der Waals surface area (Å²) in [5.74, 6) is 0. The van der Waals surface area contributed by atoms with Gasteiger partial charge in [0.25, 0.3) is 0 Å². The van der Waals surface area contributed by atoms with E-state index in [0.717, 1.165) is 17.1 Å². The third kappa shape index (κ3) is 2.12. The molecule has 0 aromatic heterocycles. The van der Waals surface area contributed by atoms with Crippen LogP contribution in [-0.4, -0.2) is 13.2 Å². The van der Waals surface area contributed by atoms with E-state index >= 15 is 0 Å². The van der Waals surface area contributed by atoms with E-state index in [-0.39, 0.29) is 6.17 Å². The third-order valence-corrected chi connectivity index (χ3v) is 4.77. The quantitative estimate of drug-likeness (QED) is 0.697. The first-order valence-electron chi connectivity index (χ1n) is 7.95. The van der Waals surface area contributed by atoms with Crippen LogP contribution in [0.2, 0.25) is 0 Å². The molecule has 0 fully saturated rings. The number of rotatable bonds is 1. The summed E-state index contributed by atoms with van der Waals surface area (Å²) in [5.41, 5.74) is 7.59. The summed E-state index contributed by atoms with van der Waals surface area (Å²) in [7, 11) is 1.98. The molecule has 1 aliphatic heterocycles. The standard InChI is InChI=1S/C20H20N4/c1-12-9-13(2)18(14(3)10-12)24-15(4)23(6)19-16(11-21)7-8-17(22-5)20(19)24/h7-10,15H,1-4,6H3/t15-/m0/s1. The summed E-state index contributed by atoms with van der Waals surface area (Å²) in [6, 6.07) is 10.1. The Balaban J connectivity index is 2.36. The van der Waals surface area contributed by atoms with Crippen LogP contribution in [0.3, 0.4) is 0 Å². The van der Waals surface area contributed by atoms with E-state index in [9.17, 15) is 5.26 Å². The fourth-order valence-corrected chi connectivity index (χ4v) is 3.74. The van der Waals surface area contributed by atoms with E-state index in [1.54, 1.807) is 12.1 Å². The van der Waals surface area contributed by atoms with Crippen LogP contribution >= 0.6 is 0 Å². The molecule has 1 aliphatic rings. The number of hydrogen-bond donors (Lipinski definition) is 0. The van der Waals surface area contributed by atoms with E-state index in [1.165, 1.54) is 16.7 Å². The van der Waals surface area contributed by atoms with Crippen molar-refractivity contribution in [1.82, 2.24) is 0 Å². The Hall–Kier alpha value is -2.98. The lowest BCUT2D eigenvalue weighted by atomic mass is 10.0. The largest absolute Gasteiger partial charge is 0.353 e. The SMILES string of the molecule is [C-]#[N+]c1ccc(C#N)c2c1N(c1c(C)cc(C)cc1C)[C@@H](C)N2C. The molecule has 0 radical (unpaired) electrons. The lowest BCUT2D eigenvalue weighted by Crippen LogP contribution is -2.36. The monoisotopic (exact) mass is 316 g/mol. The molecule has 1 atom stereocenters. The Kier molecular flexibility index (Phi) is 3.70. The van der Waals surface area contributed by atoms with E-state index in [4.69, 9.17) is 6.57 Å². The van der Waals surface area contributed by atoms with Crippen LogP contribution in [0.1, 0.15) is 29.2 Å². The van der Waals surface area contributed by atoms with E-state index in [2.05, 4.69) is 60.5 Å². The van der Waals surface area contributed by atoms with Gasteiger partial charge in [0.1, 0.15) is 12.2 Å². The van der Waals surface area contributed by atoms with E-state index < -0.39 is 0 Å². The van der Waals surface area contributed by atoms with Crippen molar-refractivity contribution in [1.29, 1.82) is 5.26 Å². The van der Waals surface area contributed by atoms with Crippen molar-refractivity contribution in [2.45, 2.75) is 33.9 Å². The number of nitrogens with zero attached hydrogens (tertiary/aromatic N) is 4. The highest BCUT2D eigenvalue weighted by atomic mass is 15.4. The molecule has 4 heteroatoms. The predicted octanol–water partition coefficient (Wildman–Crippen LogP) is 4.97. The summed E-state index contributed by atoms with van der Waals surface area (Å²) in [6.45, 7) is 16.0. The van der Waals surface area contributed by atoms with Gasteiger partial charge in [0.2, 0.25) is 5.69 Å². The van der Waals surface area contributed by atoms with Crippen molar-refractivity contribution in [3.8, 4) is 6.07 Å². The first-order valence-corrected chi connectivity index (χ1v) is 7.95. The molecule has 0 bridgehead atoms. The maximum absolute atomic E-state index is 9.50. The Morgan fingerprint density at radius 3 is 2.25 bits per heavy atom. The van der Waals surface area contributed by atoms with Gasteiger partial charge in [-0.2, -0.15) is 5.26 Å². The maximum atomic E-state index is 9.50. The lowest BCUT2D eigenvalue weighted by Gasteiger charge is -2.31. The van der Waals surface area contributed by atoms with Gasteiger partial charge in [0.15, 0.2) is 0 Å². The summed E-state index contributed by atoms with van der Waals surface area (Å²) in [4.78, 5) is 8.00. The highest BCUT2D eigenvalue weighted by Gasteiger charge is 2.36. The fraction of sp³-hybridized carbons (Fsp3) is 0.300. The first-order chi connectivity index (χ1) is 11.4. The van der Waals surface area contributed by atoms with Crippen molar-refractivity contribution in [2.24, 2.45) is 0 Å². The molecule has 3 rings (SSSR count). The normalized spacial score (nSPS) is 15.9. The van der Waals surface area contributed by atoms with Crippen LogP contribution < -0.4 is 9.80 Å². The topological polar surface area (TPSA) is 34.6 Å². The van der Waals surface area contributed by atoms with Crippen LogP contribution in [0.15, 0.2) is 24.3 Å². The van der Waals surface area contributed by atoms with Gasteiger partial charge in [-0.25, -0.2) is 4.85 Å². The fourth-order valence-electron chi connectivity index (χ4n) is 3.74. The van der Waals surface area contributed by atoms with Crippen LogP contribution in [0, 0.1) is 38.7 Å². The van der Waals surface area contributed by atoms with Gasteiger partial charge in [-0.15, -0.1) is 0 Å². The van der Waals surface area contributed by atoms with Crippen LogP contribution in [0.4, 0.5) is 22.7 Å². The molecule has 24 heavy (non-hydrogen) atoms. The smallest absolute Gasteiger partial charge is 0.212 e. The number of anilines is 3. The Bertz CT molecular complexity index is 891. The van der Waals surface area contributed by atoms with Crippen molar-refractivity contribution in [2.75, 3.05) is 16.8 Å². The van der Waals surface area contributed by atoms with Gasteiger partial charge in [0, 0.05) is 12.7 Å². The number of benzene rings is 2. The first kappa shape index (κ1) is 15.9. The zero-order valence-electron chi connectivity index (χ0n) is 14.7. The molecule has 0 saturated heterocycles. The number of aryl methyl sites for hydroxylation is 3. The lowest BCUT2D eigenvalue weighted by molar-refractivity contribution is 0.731. The minimum atomic E-state index is 0.0371. The summed E-state index contributed by atoms with van der Waals surface area (Å²) in [6.07, 6.45) is 0.0371. The van der Waals surface area contributed by atoms with Crippen LogP contribution in [0.5, 0.6) is 0 Å². The highest BCUT2D eigenvalue weighted by Crippen LogP contribution is 2.51. The zero-order chi connectivity index (χ0) is 17.6. The molecule has 2 aromatic rings. The number of hydrogen-bond acceptors (Lipinski definition) is 3. The molecular weight excluding hydrogens is 296 g/mol. The molecule has 0 N–H and O–H groups in total. The average Bonchev–Trinajstić information content (AvgIpc) is 2.79. The molecule has 0 aliphatic carbocycles. The number of nitriles is 1. The molecule has 2 aromatic carbocycles.